The Hall–Kier alpha value is -3.69. The van der Waals surface area contributed by atoms with Crippen molar-refractivity contribution in [3.05, 3.63) is 103 Å². The van der Waals surface area contributed by atoms with Crippen LogP contribution in [0.1, 0.15) is 31.0 Å². The third kappa shape index (κ3) is 4.08. The number of esters is 1. The molecule has 2 aliphatic heterocycles. The van der Waals surface area contributed by atoms with Crippen LogP contribution >= 0.6 is 23.1 Å². The van der Waals surface area contributed by atoms with Gasteiger partial charge in [0.2, 0.25) is 0 Å². The van der Waals surface area contributed by atoms with Gasteiger partial charge in [-0.05, 0) is 43.9 Å². The number of fused-ring (bicyclic) bond motifs is 2. The van der Waals surface area contributed by atoms with Gasteiger partial charge in [0.1, 0.15) is 4.53 Å². The molecule has 1 amide bonds. The second-order valence-corrected chi connectivity index (χ2v) is 10.3. The Balaban J connectivity index is 1.80. The number of carbonyl (C=O) groups is 2. The highest BCUT2D eigenvalue weighted by Crippen LogP contribution is 2.35. The number of allylic oxidation sites excluding steroid dienone is 1. The molecule has 3 aromatic rings. The Kier molecular flexibility index (Phi) is 6.74. The molecule has 2 aliphatic rings. The van der Waals surface area contributed by atoms with Gasteiger partial charge in [-0.2, -0.15) is 0 Å². The minimum atomic E-state index is -0.725. The van der Waals surface area contributed by atoms with Gasteiger partial charge in [0.05, 0.1) is 35.2 Å². The summed E-state index contributed by atoms with van der Waals surface area (Å²) in [6.07, 6.45) is 3.64. The fourth-order valence-corrected chi connectivity index (χ4v) is 6.30. The number of amides is 1. The van der Waals surface area contributed by atoms with Gasteiger partial charge in [0.25, 0.3) is 11.5 Å². The molecule has 37 heavy (non-hydrogen) atoms. The fraction of sp³-hybridized carbons (Fsp3) is 0.214. The van der Waals surface area contributed by atoms with E-state index < -0.39 is 12.0 Å². The average molecular weight is 532 g/mol. The van der Waals surface area contributed by atoms with Crippen LogP contribution in [0, 0.1) is 0 Å². The summed E-state index contributed by atoms with van der Waals surface area (Å²) in [7, 11) is 0. The molecule has 0 bridgehead atoms. The maximum Gasteiger partial charge on any atom is 0.338 e. The predicted octanol–water partition coefficient (Wildman–Crippen LogP) is 3.42. The summed E-state index contributed by atoms with van der Waals surface area (Å²) in [5.74, 6) is -0.770. The number of carbonyl (C=O) groups excluding carboxylic acids is 2. The van der Waals surface area contributed by atoms with E-state index in [2.05, 4.69) is 11.6 Å². The van der Waals surface area contributed by atoms with Gasteiger partial charge in [-0.15, -0.1) is 18.3 Å². The number of thioether (sulfide) groups is 1. The lowest BCUT2D eigenvalue weighted by Crippen LogP contribution is -2.41. The van der Waals surface area contributed by atoms with E-state index in [1.807, 2.05) is 54.8 Å². The van der Waals surface area contributed by atoms with Crippen molar-refractivity contribution in [1.82, 2.24) is 4.57 Å². The Labute approximate surface area is 222 Å². The SMILES string of the molecule is C=CCN1C(=O)C(=c2sc3n(c2=O)C(c2ccc(SC)cc2)C(C(=O)OCC)=C(C)N=3)c2ccccc21. The van der Waals surface area contributed by atoms with Crippen LogP contribution in [0.4, 0.5) is 5.69 Å². The zero-order valence-electron chi connectivity index (χ0n) is 20.7. The lowest BCUT2D eigenvalue weighted by molar-refractivity contribution is -0.139. The van der Waals surface area contributed by atoms with Gasteiger partial charge in [0.15, 0.2) is 4.80 Å². The van der Waals surface area contributed by atoms with Gasteiger partial charge in [-0.1, -0.05) is 47.7 Å². The fourth-order valence-electron chi connectivity index (χ4n) is 4.75. The molecular weight excluding hydrogens is 506 g/mol. The van der Waals surface area contributed by atoms with Gasteiger partial charge >= 0.3 is 5.97 Å². The largest absolute Gasteiger partial charge is 0.463 e. The molecule has 188 valence electrons. The van der Waals surface area contributed by atoms with Crippen LogP contribution in [0.2, 0.25) is 0 Å². The number of anilines is 1. The molecule has 1 aromatic heterocycles. The summed E-state index contributed by atoms with van der Waals surface area (Å²) in [6, 6.07) is 14.4. The molecule has 0 N–H and O–H groups in total. The highest BCUT2D eigenvalue weighted by Gasteiger charge is 2.37. The van der Waals surface area contributed by atoms with Crippen molar-refractivity contribution < 1.29 is 14.3 Å². The lowest BCUT2D eigenvalue weighted by Gasteiger charge is -2.24. The molecule has 0 fully saturated rings. The number of para-hydroxylation sites is 1. The van der Waals surface area contributed by atoms with E-state index in [0.29, 0.717) is 38.3 Å². The molecule has 9 heteroatoms. The minimum absolute atomic E-state index is 0.201. The summed E-state index contributed by atoms with van der Waals surface area (Å²) in [5, 5.41) is 0. The lowest BCUT2D eigenvalue weighted by atomic mass is 9.96. The topological polar surface area (TPSA) is 81.0 Å². The molecule has 3 heterocycles. The molecular formula is C28H25N3O4S2. The second-order valence-electron chi connectivity index (χ2n) is 8.49. The predicted molar refractivity (Wildman–Crippen MR) is 147 cm³/mol. The summed E-state index contributed by atoms with van der Waals surface area (Å²) in [4.78, 5) is 48.5. The molecule has 7 nitrogen and oxygen atoms in total. The maximum absolute atomic E-state index is 14.1. The Morgan fingerprint density at radius 2 is 1.92 bits per heavy atom. The highest BCUT2D eigenvalue weighted by molar-refractivity contribution is 7.98. The van der Waals surface area contributed by atoms with Crippen LogP contribution in [0.25, 0.3) is 5.57 Å². The Bertz CT molecular complexity index is 1650. The van der Waals surface area contributed by atoms with Gasteiger partial charge in [0, 0.05) is 17.0 Å². The zero-order chi connectivity index (χ0) is 26.3. The summed E-state index contributed by atoms with van der Waals surface area (Å²) < 4.78 is 7.18. The Morgan fingerprint density at radius 3 is 2.59 bits per heavy atom. The van der Waals surface area contributed by atoms with Crippen molar-refractivity contribution in [2.45, 2.75) is 24.8 Å². The van der Waals surface area contributed by atoms with Crippen LogP contribution in [-0.2, 0) is 14.3 Å². The summed E-state index contributed by atoms with van der Waals surface area (Å²) >= 11 is 2.77. The zero-order valence-corrected chi connectivity index (χ0v) is 22.3. The smallest absolute Gasteiger partial charge is 0.338 e. The molecule has 2 aromatic carbocycles. The van der Waals surface area contributed by atoms with E-state index in [9.17, 15) is 14.4 Å². The van der Waals surface area contributed by atoms with Crippen LogP contribution in [-0.4, -0.2) is 35.9 Å². The number of aromatic nitrogens is 1. The number of ether oxygens (including phenoxy) is 1. The number of rotatable bonds is 6. The van der Waals surface area contributed by atoms with Crippen LogP contribution in [0.3, 0.4) is 0 Å². The first-order valence-corrected chi connectivity index (χ1v) is 13.8. The first-order valence-electron chi connectivity index (χ1n) is 11.8. The molecule has 0 radical (unpaired) electrons. The van der Waals surface area contributed by atoms with Crippen molar-refractivity contribution in [3.8, 4) is 0 Å². The monoisotopic (exact) mass is 531 g/mol. The first kappa shape index (κ1) is 25.0. The van der Waals surface area contributed by atoms with Crippen molar-refractivity contribution >= 4 is 46.2 Å². The number of hydrogen-bond acceptors (Lipinski definition) is 7. The van der Waals surface area contributed by atoms with E-state index in [1.165, 1.54) is 15.9 Å². The van der Waals surface area contributed by atoms with E-state index in [-0.39, 0.29) is 18.1 Å². The average Bonchev–Trinajstić information content (AvgIpc) is 3.36. The highest BCUT2D eigenvalue weighted by atomic mass is 32.2. The number of benzene rings is 2. The standard InChI is InChI=1S/C28H25N3O4S2/c1-5-15-30-20-10-8-7-9-19(20)22(25(30)32)24-26(33)31-23(17-11-13-18(36-4)14-12-17)21(27(34)35-6-2)16(3)29-28(31)37-24/h5,7-14,23H,1,6,15H2,2-4H3. The van der Waals surface area contributed by atoms with Gasteiger partial charge < -0.3 is 9.64 Å². The molecule has 1 unspecified atom stereocenters. The number of hydrogen-bond donors (Lipinski definition) is 0. The van der Waals surface area contributed by atoms with E-state index in [4.69, 9.17) is 4.74 Å². The molecule has 0 aliphatic carbocycles. The van der Waals surface area contributed by atoms with Crippen LogP contribution < -0.4 is 19.8 Å². The molecule has 0 saturated carbocycles. The van der Waals surface area contributed by atoms with Crippen molar-refractivity contribution in [3.63, 3.8) is 0 Å². The molecule has 1 atom stereocenters. The first-order chi connectivity index (χ1) is 17.9. The van der Waals surface area contributed by atoms with Crippen LogP contribution in [0.15, 0.2) is 87.1 Å². The number of nitrogens with zero attached hydrogens (tertiary/aromatic N) is 3. The minimum Gasteiger partial charge on any atom is -0.463 e. The molecule has 0 saturated heterocycles. The van der Waals surface area contributed by atoms with E-state index in [0.717, 1.165) is 16.1 Å². The second kappa shape index (κ2) is 9.99. The quantitative estimate of drug-likeness (QED) is 0.277. The summed E-state index contributed by atoms with van der Waals surface area (Å²) in [5.41, 5.74) is 2.98. The third-order valence-corrected chi connectivity index (χ3v) is 8.18. The third-order valence-electron chi connectivity index (χ3n) is 6.39. The van der Waals surface area contributed by atoms with Crippen molar-refractivity contribution in [2.75, 3.05) is 24.3 Å². The Morgan fingerprint density at radius 1 is 1.19 bits per heavy atom. The van der Waals surface area contributed by atoms with Gasteiger partial charge in [-0.3, -0.25) is 14.2 Å². The van der Waals surface area contributed by atoms with E-state index >= 15 is 0 Å². The normalized spacial score (nSPS) is 17.9. The summed E-state index contributed by atoms with van der Waals surface area (Å²) in [6.45, 7) is 7.79. The molecule has 0 spiro atoms. The van der Waals surface area contributed by atoms with Crippen molar-refractivity contribution in [1.29, 1.82) is 0 Å². The van der Waals surface area contributed by atoms with Crippen LogP contribution in [0.5, 0.6) is 0 Å². The maximum atomic E-state index is 14.1. The number of thiazole rings is 1. The van der Waals surface area contributed by atoms with Gasteiger partial charge in [-0.25, -0.2) is 9.79 Å². The van der Waals surface area contributed by atoms with E-state index in [1.54, 1.807) is 36.6 Å². The van der Waals surface area contributed by atoms with Crippen molar-refractivity contribution in [2.24, 2.45) is 4.99 Å². The molecule has 5 rings (SSSR count).